The Kier molecular flexibility index (Phi) is 5.34. The van der Waals surface area contributed by atoms with Gasteiger partial charge in [-0.3, -0.25) is 0 Å². The van der Waals surface area contributed by atoms with Crippen LogP contribution in [-0.2, 0) is 19.3 Å². The molecule has 4 rings (SSSR count). The third-order valence-corrected chi connectivity index (χ3v) is 6.26. The van der Waals surface area contributed by atoms with Crippen LogP contribution in [0.5, 0.6) is 5.88 Å². The molecule has 1 N–H and O–H groups in total. The summed E-state index contributed by atoms with van der Waals surface area (Å²) in [6.45, 7) is 0. The molecule has 138 valence electrons. The summed E-state index contributed by atoms with van der Waals surface area (Å²) < 4.78 is 5.10. The lowest BCUT2D eigenvalue weighted by molar-refractivity contribution is 0.397. The standard InChI is InChI=1S/C20H17Cl2N3OS/c1-26-19-5-3-12(9-23-19)2-4-15-8-17(22)18(27-15)6-13-10-24-20-16(13)7-14(21)11-25-20/h3,5,7-11H,2,4,6H2,1H3,(H,24,25). The van der Waals surface area contributed by atoms with Gasteiger partial charge in [0, 0.05) is 46.2 Å². The van der Waals surface area contributed by atoms with Gasteiger partial charge in [0.1, 0.15) is 5.65 Å². The molecule has 0 aromatic carbocycles. The maximum absolute atomic E-state index is 6.50. The van der Waals surface area contributed by atoms with E-state index in [2.05, 4.69) is 21.0 Å². The Bertz CT molecular complexity index is 1070. The lowest BCUT2D eigenvalue weighted by Crippen LogP contribution is -1.92. The summed E-state index contributed by atoms with van der Waals surface area (Å²) in [5, 5.41) is 2.49. The van der Waals surface area contributed by atoms with E-state index < -0.39 is 0 Å². The second kappa shape index (κ2) is 7.89. The molecule has 0 spiro atoms. The highest BCUT2D eigenvalue weighted by Gasteiger charge is 2.12. The van der Waals surface area contributed by atoms with E-state index in [1.807, 2.05) is 30.6 Å². The lowest BCUT2D eigenvalue weighted by atomic mass is 10.1. The van der Waals surface area contributed by atoms with Gasteiger partial charge in [0.2, 0.25) is 5.88 Å². The van der Waals surface area contributed by atoms with Crippen molar-refractivity contribution in [2.75, 3.05) is 7.11 Å². The van der Waals surface area contributed by atoms with E-state index in [0.717, 1.165) is 45.8 Å². The SMILES string of the molecule is COc1ccc(CCc2cc(Cl)c(Cc3c[nH]c4ncc(Cl)cc34)s2)cn1. The molecular formula is C20H17Cl2N3OS. The first kappa shape index (κ1) is 18.3. The quantitative estimate of drug-likeness (QED) is 0.436. The Morgan fingerprint density at radius 1 is 1.11 bits per heavy atom. The highest BCUT2D eigenvalue weighted by Crippen LogP contribution is 2.32. The summed E-state index contributed by atoms with van der Waals surface area (Å²) in [6.07, 6.45) is 8.09. The average molecular weight is 418 g/mol. The molecule has 4 nitrogen and oxygen atoms in total. The van der Waals surface area contributed by atoms with Crippen molar-refractivity contribution in [3.63, 3.8) is 0 Å². The maximum atomic E-state index is 6.50. The van der Waals surface area contributed by atoms with Crippen LogP contribution in [0.4, 0.5) is 0 Å². The number of fused-ring (bicyclic) bond motifs is 1. The molecule has 0 aliphatic heterocycles. The van der Waals surface area contributed by atoms with Crippen LogP contribution in [0.25, 0.3) is 11.0 Å². The molecule has 0 atom stereocenters. The third-order valence-electron chi connectivity index (χ3n) is 4.41. The van der Waals surface area contributed by atoms with E-state index in [4.69, 9.17) is 27.9 Å². The van der Waals surface area contributed by atoms with Gasteiger partial charge in [-0.2, -0.15) is 0 Å². The molecule has 0 unspecified atom stereocenters. The highest BCUT2D eigenvalue weighted by molar-refractivity contribution is 7.12. The molecule has 27 heavy (non-hydrogen) atoms. The minimum atomic E-state index is 0.633. The number of H-pyrrole nitrogens is 1. The second-order valence-electron chi connectivity index (χ2n) is 6.23. The van der Waals surface area contributed by atoms with E-state index in [1.165, 1.54) is 10.4 Å². The van der Waals surface area contributed by atoms with Gasteiger partial charge in [-0.1, -0.05) is 29.3 Å². The van der Waals surface area contributed by atoms with Gasteiger partial charge >= 0.3 is 0 Å². The Morgan fingerprint density at radius 2 is 2.00 bits per heavy atom. The topological polar surface area (TPSA) is 50.8 Å². The molecule has 0 saturated carbocycles. The maximum Gasteiger partial charge on any atom is 0.212 e. The van der Waals surface area contributed by atoms with Crippen LogP contribution in [0, 0.1) is 0 Å². The number of halogens is 2. The molecule has 4 heterocycles. The summed E-state index contributed by atoms with van der Waals surface area (Å²) in [5.74, 6) is 0.633. The van der Waals surface area contributed by atoms with Crippen molar-refractivity contribution in [3.05, 3.63) is 73.8 Å². The van der Waals surface area contributed by atoms with Gasteiger partial charge in [-0.05, 0) is 36.1 Å². The van der Waals surface area contributed by atoms with Crippen LogP contribution in [-0.4, -0.2) is 22.1 Å². The first-order valence-electron chi connectivity index (χ1n) is 8.50. The smallest absolute Gasteiger partial charge is 0.212 e. The number of hydrogen-bond donors (Lipinski definition) is 1. The zero-order valence-electron chi connectivity index (χ0n) is 14.6. The lowest BCUT2D eigenvalue weighted by Gasteiger charge is -2.01. The Balaban J connectivity index is 1.48. The average Bonchev–Trinajstić information content (AvgIpc) is 3.24. The number of rotatable bonds is 6. The normalized spacial score (nSPS) is 11.2. The molecule has 4 aromatic heterocycles. The number of nitrogens with zero attached hydrogens (tertiary/aromatic N) is 2. The summed E-state index contributed by atoms with van der Waals surface area (Å²) in [7, 11) is 1.62. The van der Waals surface area contributed by atoms with Crippen LogP contribution < -0.4 is 4.74 Å². The molecule has 0 saturated heterocycles. The van der Waals surface area contributed by atoms with Crippen molar-refractivity contribution in [1.82, 2.24) is 15.0 Å². The van der Waals surface area contributed by atoms with Crippen LogP contribution >= 0.6 is 34.5 Å². The van der Waals surface area contributed by atoms with Gasteiger partial charge in [0.25, 0.3) is 0 Å². The summed E-state index contributed by atoms with van der Waals surface area (Å²) >= 11 is 14.3. The molecule has 7 heteroatoms. The van der Waals surface area contributed by atoms with Gasteiger partial charge in [0.05, 0.1) is 17.2 Å². The molecule has 4 aromatic rings. The van der Waals surface area contributed by atoms with Gasteiger partial charge < -0.3 is 9.72 Å². The molecule has 0 radical (unpaired) electrons. The predicted molar refractivity (Wildman–Crippen MR) is 111 cm³/mol. The number of aromatic nitrogens is 3. The van der Waals surface area contributed by atoms with Gasteiger partial charge in [0.15, 0.2) is 0 Å². The van der Waals surface area contributed by atoms with Crippen molar-refractivity contribution in [2.45, 2.75) is 19.3 Å². The first-order chi connectivity index (χ1) is 13.1. The highest BCUT2D eigenvalue weighted by atomic mass is 35.5. The monoisotopic (exact) mass is 417 g/mol. The third kappa shape index (κ3) is 4.10. The summed E-state index contributed by atoms with van der Waals surface area (Å²) in [4.78, 5) is 14.2. The number of nitrogens with one attached hydrogen (secondary N) is 1. The Labute approximate surface area is 171 Å². The van der Waals surface area contributed by atoms with E-state index in [0.29, 0.717) is 10.9 Å². The van der Waals surface area contributed by atoms with E-state index in [9.17, 15) is 0 Å². The molecule has 0 aliphatic carbocycles. The minimum absolute atomic E-state index is 0.633. The number of hydrogen-bond acceptors (Lipinski definition) is 4. The van der Waals surface area contributed by atoms with Crippen LogP contribution in [0.2, 0.25) is 10.0 Å². The number of pyridine rings is 2. The van der Waals surface area contributed by atoms with Crippen molar-refractivity contribution < 1.29 is 4.74 Å². The van der Waals surface area contributed by atoms with Crippen molar-refractivity contribution in [1.29, 1.82) is 0 Å². The largest absolute Gasteiger partial charge is 0.481 e. The zero-order valence-corrected chi connectivity index (χ0v) is 17.0. The van der Waals surface area contributed by atoms with Crippen LogP contribution in [0.1, 0.15) is 20.9 Å². The Morgan fingerprint density at radius 3 is 2.78 bits per heavy atom. The number of ether oxygens (including phenoxy) is 1. The fraction of sp³-hybridized carbons (Fsp3) is 0.200. The summed E-state index contributed by atoms with van der Waals surface area (Å²) in [5.41, 5.74) is 3.17. The van der Waals surface area contributed by atoms with Gasteiger partial charge in [-0.15, -0.1) is 11.3 Å². The fourth-order valence-electron chi connectivity index (χ4n) is 3.00. The van der Waals surface area contributed by atoms with Crippen molar-refractivity contribution in [3.8, 4) is 5.88 Å². The number of aromatic amines is 1. The number of aryl methyl sites for hydroxylation is 2. The van der Waals surface area contributed by atoms with E-state index in [-0.39, 0.29) is 0 Å². The molecular weight excluding hydrogens is 401 g/mol. The molecule has 0 amide bonds. The Hall–Kier alpha value is -2.08. The molecule has 0 fully saturated rings. The number of thiophene rings is 1. The van der Waals surface area contributed by atoms with Crippen LogP contribution in [0.3, 0.4) is 0 Å². The fourth-order valence-corrected chi connectivity index (χ4v) is 4.62. The first-order valence-corrected chi connectivity index (χ1v) is 10.1. The summed E-state index contributed by atoms with van der Waals surface area (Å²) in [6, 6.07) is 7.94. The number of methoxy groups -OCH3 is 1. The predicted octanol–water partition coefficient (Wildman–Crippen LogP) is 5.71. The zero-order chi connectivity index (χ0) is 18.8. The van der Waals surface area contributed by atoms with Crippen LogP contribution in [0.15, 0.2) is 42.9 Å². The van der Waals surface area contributed by atoms with Crippen molar-refractivity contribution >= 4 is 45.6 Å². The molecule has 0 bridgehead atoms. The molecule has 0 aliphatic rings. The second-order valence-corrected chi connectivity index (χ2v) is 8.30. The minimum Gasteiger partial charge on any atom is -0.481 e. The van der Waals surface area contributed by atoms with E-state index >= 15 is 0 Å². The van der Waals surface area contributed by atoms with Crippen molar-refractivity contribution in [2.24, 2.45) is 0 Å². The van der Waals surface area contributed by atoms with E-state index in [1.54, 1.807) is 24.6 Å². The van der Waals surface area contributed by atoms with Gasteiger partial charge in [-0.25, -0.2) is 9.97 Å².